The van der Waals surface area contributed by atoms with Crippen LogP contribution in [0, 0.1) is 0 Å². The van der Waals surface area contributed by atoms with Gasteiger partial charge in [-0.2, -0.15) is 0 Å². The predicted octanol–water partition coefficient (Wildman–Crippen LogP) is 3.66. The van der Waals surface area contributed by atoms with Crippen LogP contribution in [0.2, 0.25) is 0 Å². The molecule has 0 aromatic rings. The van der Waals surface area contributed by atoms with Crippen LogP contribution in [0.25, 0.3) is 0 Å². The smallest absolute Gasteiger partial charge is 0.303 e. The predicted molar refractivity (Wildman–Crippen MR) is 81.6 cm³/mol. The minimum atomic E-state index is -0.695. The molecule has 1 amide bonds. The van der Waals surface area contributed by atoms with Gasteiger partial charge >= 0.3 is 5.97 Å². The first-order valence-corrected chi connectivity index (χ1v) is 7.71. The third-order valence-corrected chi connectivity index (χ3v) is 3.21. The molecule has 0 spiro atoms. The molecule has 1 unspecified atom stereocenters. The van der Waals surface area contributed by atoms with Crippen molar-refractivity contribution in [1.82, 2.24) is 5.32 Å². The van der Waals surface area contributed by atoms with Gasteiger partial charge in [0.15, 0.2) is 0 Å². The fraction of sp³-hybridized carbons (Fsp3) is 0.750. The van der Waals surface area contributed by atoms with Gasteiger partial charge in [0.1, 0.15) is 0 Å². The highest BCUT2D eigenvalue weighted by Gasteiger charge is 2.01. The van der Waals surface area contributed by atoms with E-state index < -0.39 is 5.97 Å². The largest absolute Gasteiger partial charge is 0.481 e. The van der Waals surface area contributed by atoms with Gasteiger partial charge in [-0.1, -0.05) is 44.8 Å². The normalized spacial score (nSPS) is 12.5. The second kappa shape index (κ2) is 12.7. The zero-order valence-corrected chi connectivity index (χ0v) is 12.9. The van der Waals surface area contributed by atoms with Crippen molar-refractivity contribution in [3.05, 3.63) is 12.2 Å². The van der Waals surface area contributed by atoms with Crippen molar-refractivity contribution in [3.63, 3.8) is 0 Å². The van der Waals surface area contributed by atoms with Gasteiger partial charge in [-0.05, 0) is 25.7 Å². The van der Waals surface area contributed by atoms with E-state index in [4.69, 9.17) is 5.11 Å². The lowest BCUT2D eigenvalue weighted by atomic mass is 10.1. The first-order valence-electron chi connectivity index (χ1n) is 7.71. The van der Waals surface area contributed by atoms with Gasteiger partial charge in [-0.3, -0.25) is 9.59 Å². The van der Waals surface area contributed by atoms with Crippen LogP contribution in [0.3, 0.4) is 0 Å². The molecule has 20 heavy (non-hydrogen) atoms. The Labute approximate surface area is 122 Å². The highest BCUT2D eigenvalue weighted by molar-refractivity contribution is 5.73. The van der Waals surface area contributed by atoms with E-state index in [-0.39, 0.29) is 11.9 Å². The van der Waals surface area contributed by atoms with Crippen LogP contribution < -0.4 is 5.32 Å². The fourth-order valence-corrected chi connectivity index (χ4v) is 2.05. The number of aliphatic carboxylic acids is 1. The highest BCUT2D eigenvalue weighted by atomic mass is 16.4. The summed E-state index contributed by atoms with van der Waals surface area (Å²) in [5.74, 6) is -0.678. The van der Waals surface area contributed by atoms with Gasteiger partial charge in [0.05, 0.1) is 0 Å². The average Bonchev–Trinajstić information content (AvgIpc) is 2.38. The number of carboxylic acids is 1. The Kier molecular flexibility index (Phi) is 11.9. The molecular weight excluding hydrogens is 254 g/mol. The van der Waals surface area contributed by atoms with E-state index in [1.807, 2.05) is 0 Å². The number of carbonyl (C=O) groups excluding carboxylic acids is 1. The van der Waals surface area contributed by atoms with Crippen molar-refractivity contribution in [2.24, 2.45) is 0 Å². The third-order valence-electron chi connectivity index (χ3n) is 3.21. The van der Waals surface area contributed by atoms with E-state index in [1.165, 1.54) is 12.8 Å². The van der Waals surface area contributed by atoms with Gasteiger partial charge in [-0.15, -0.1) is 0 Å². The summed E-state index contributed by atoms with van der Waals surface area (Å²) in [4.78, 5) is 21.3. The summed E-state index contributed by atoms with van der Waals surface area (Å²) in [6.45, 7) is 3.60. The molecular formula is C16H29NO3. The summed E-state index contributed by atoms with van der Waals surface area (Å²) in [6.07, 6.45) is 12.9. The van der Waals surface area contributed by atoms with Crippen molar-refractivity contribution in [2.45, 2.75) is 77.7 Å². The van der Waals surface area contributed by atoms with Crippen LogP contribution in [0.1, 0.15) is 71.6 Å². The third kappa shape index (κ3) is 13.1. The summed E-state index contributed by atoms with van der Waals surface area (Å²) < 4.78 is 0. The number of hydrogen-bond acceptors (Lipinski definition) is 2. The van der Waals surface area contributed by atoms with E-state index in [0.29, 0.717) is 6.42 Å². The molecule has 0 aromatic heterocycles. The average molecular weight is 283 g/mol. The number of carbonyl (C=O) groups is 2. The summed E-state index contributed by atoms with van der Waals surface area (Å²) >= 11 is 0. The molecule has 1 atom stereocenters. The van der Waals surface area contributed by atoms with Gasteiger partial charge < -0.3 is 10.4 Å². The Hall–Kier alpha value is -1.32. The summed E-state index contributed by atoms with van der Waals surface area (Å²) in [5.41, 5.74) is 0. The van der Waals surface area contributed by atoms with E-state index >= 15 is 0 Å². The Morgan fingerprint density at radius 1 is 1.10 bits per heavy atom. The molecule has 0 saturated carbocycles. The number of allylic oxidation sites excluding steroid dienone is 1. The van der Waals surface area contributed by atoms with E-state index in [1.54, 1.807) is 6.92 Å². The quantitative estimate of drug-likeness (QED) is 0.424. The van der Waals surface area contributed by atoms with E-state index in [2.05, 4.69) is 24.4 Å². The lowest BCUT2D eigenvalue weighted by molar-refractivity contribution is -0.137. The molecule has 2 N–H and O–H groups in total. The van der Waals surface area contributed by atoms with Crippen molar-refractivity contribution >= 4 is 11.9 Å². The minimum absolute atomic E-state index is 0.0165. The molecule has 116 valence electrons. The Balaban J connectivity index is 3.42. The van der Waals surface area contributed by atoms with E-state index in [9.17, 15) is 9.59 Å². The molecule has 0 bridgehead atoms. The van der Waals surface area contributed by atoms with Crippen LogP contribution in [0.15, 0.2) is 12.2 Å². The number of unbranched alkanes of at least 4 members (excludes halogenated alkanes) is 6. The summed E-state index contributed by atoms with van der Waals surface area (Å²) in [7, 11) is 0. The first-order chi connectivity index (χ1) is 9.56. The molecule has 0 aliphatic rings. The number of amides is 1. The lowest BCUT2D eigenvalue weighted by Crippen LogP contribution is -2.30. The van der Waals surface area contributed by atoms with Crippen LogP contribution in [0.5, 0.6) is 0 Å². The van der Waals surface area contributed by atoms with Crippen LogP contribution in [-0.2, 0) is 9.59 Å². The minimum Gasteiger partial charge on any atom is -0.481 e. The summed E-state index contributed by atoms with van der Waals surface area (Å²) in [6, 6.07) is 0.156. The molecule has 0 radical (unpaired) electrons. The molecule has 0 saturated heterocycles. The van der Waals surface area contributed by atoms with Gasteiger partial charge in [-0.25, -0.2) is 0 Å². The fourth-order valence-electron chi connectivity index (χ4n) is 2.05. The zero-order chi connectivity index (χ0) is 15.2. The van der Waals surface area contributed by atoms with Crippen molar-refractivity contribution in [2.75, 3.05) is 0 Å². The van der Waals surface area contributed by atoms with Crippen LogP contribution in [-0.4, -0.2) is 23.0 Å². The molecule has 0 aliphatic carbocycles. The molecule has 4 nitrogen and oxygen atoms in total. The molecule has 0 heterocycles. The number of hydrogen-bond donors (Lipinski definition) is 2. The number of rotatable bonds is 12. The second-order valence-corrected chi connectivity index (χ2v) is 5.20. The lowest BCUT2D eigenvalue weighted by Gasteiger charge is -2.10. The zero-order valence-electron chi connectivity index (χ0n) is 12.9. The Bertz CT molecular complexity index is 300. The highest BCUT2D eigenvalue weighted by Crippen LogP contribution is 2.09. The second-order valence-electron chi connectivity index (χ2n) is 5.20. The topological polar surface area (TPSA) is 66.4 Å². The Morgan fingerprint density at radius 3 is 2.25 bits per heavy atom. The molecule has 0 aliphatic heterocycles. The standard InChI is InChI=1S/C16H29NO3/c1-3-15(17-14(2)18)12-10-8-6-4-5-7-9-11-13-16(19)20/h10,12,15H,3-9,11,13H2,1-2H3,(H,17,18)(H,19,20)/b12-10+. The monoisotopic (exact) mass is 283 g/mol. The summed E-state index contributed by atoms with van der Waals surface area (Å²) in [5, 5.41) is 11.4. The van der Waals surface area contributed by atoms with Crippen molar-refractivity contribution < 1.29 is 14.7 Å². The Morgan fingerprint density at radius 2 is 1.70 bits per heavy atom. The maximum Gasteiger partial charge on any atom is 0.303 e. The molecule has 0 aromatic carbocycles. The van der Waals surface area contributed by atoms with Crippen molar-refractivity contribution in [1.29, 1.82) is 0 Å². The molecule has 0 fully saturated rings. The van der Waals surface area contributed by atoms with Gasteiger partial charge in [0, 0.05) is 19.4 Å². The van der Waals surface area contributed by atoms with E-state index in [0.717, 1.165) is 38.5 Å². The van der Waals surface area contributed by atoms with Crippen molar-refractivity contribution in [3.8, 4) is 0 Å². The SMILES string of the molecule is CCC(/C=C/CCCCCCCCC(=O)O)NC(C)=O. The first kappa shape index (κ1) is 18.7. The number of nitrogens with one attached hydrogen (secondary N) is 1. The number of carboxylic acid groups (broad SMARTS) is 1. The van der Waals surface area contributed by atoms with Gasteiger partial charge in [0.25, 0.3) is 0 Å². The molecule has 4 heteroatoms. The van der Waals surface area contributed by atoms with Crippen LogP contribution >= 0.6 is 0 Å². The maximum atomic E-state index is 10.9. The molecule has 0 rings (SSSR count). The van der Waals surface area contributed by atoms with Crippen LogP contribution in [0.4, 0.5) is 0 Å². The maximum absolute atomic E-state index is 10.9. The van der Waals surface area contributed by atoms with Gasteiger partial charge in [0.2, 0.25) is 5.91 Å².